The van der Waals surface area contributed by atoms with Gasteiger partial charge in [-0.3, -0.25) is 4.79 Å². The van der Waals surface area contributed by atoms with Crippen LogP contribution in [0.5, 0.6) is 0 Å². The summed E-state index contributed by atoms with van der Waals surface area (Å²) in [6, 6.07) is 0.563. The van der Waals surface area contributed by atoms with Gasteiger partial charge in [0.25, 0.3) is 0 Å². The van der Waals surface area contributed by atoms with E-state index in [0.717, 1.165) is 32.6 Å². The molecular weight excluding hydrogens is 194 g/mol. The zero-order valence-corrected chi connectivity index (χ0v) is 9.70. The average Bonchev–Trinajstić information content (AvgIpc) is 2.27. The van der Waals surface area contributed by atoms with Crippen LogP contribution >= 0.6 is 0 Å². The van der Waals surface area contributed by atoms with Crippen LogP contribution in [0.1, 0.15) is 26.2 Å². The number of ether oxygens (including phenoxy) is 2. The Balaban J connectivity index is 2.16. The molecule has 0 spiro atoms. The standard InChI is InChI=1S/C11H21NO3/c1-3-15-11(13)4-7-12(2)10-5-8-14-9-6-10/h10H,3-9H2,1-2H3. The van der Waals surface area contributed by atoms with E-state index in [2.05, 4.69) is 11.9 Å². The van der Waals surface area contributed by atoms with Gasteiger partial charge in [-0.1, -0.05) is 0 Å². The molecule has 1 aliphatic rings. The Morgan fingerprint density at radius 2 is 2.13 bits per heavy atom. The molecule has 1 heterocycles. The van der Waals surface area contributed by atoms with Crippen molar-refractivity contribution in [1.29, 1.82) is 0 Å². The summed E-state index contributed by atoms with van der Waals surface area (Å²) in [5.41, 5.74) is 0. The van der Waals surface area contributed by atoms with Crippen LogP contribution in [0.4, 0.5) is 0 Å². The molecule has 4 heteroatoms. The molecule has 0 aromatic rings. The molecule has 0 aromatic heterocycles. The summed E-state index contributed by atoms with van der Waals surface area (Å²) in [6.45, 7) is 4.77. The molecule has 4 nitrogen and oxygen atoms in total. The van der Waals surface area contributed by atoms with Crippen molar-refractivity contribution in [2.24, 2.45) is 0 Å². The Kier molecular flexibility index (Phi) is 5.65. The van der Waals surface area contributed by atoms with E-state index in [1.54, 1.807) is 0 Å². The molecule has 0 bridgehead atoms. The molecule has 0 aromatic carbocycles. The van der Waals surface area contributed by atoms with Crippen molar-refractivity contribution in [2.75, 3.05) is 33.4 Å². The van der Waals surface area contributed by atoms with Crippen molar-refractivity contribution in [3.05, 3.63) is 0 Å². The van der Waals surface area contributed by atoms with Gasteiger partial charge < -0.3 is 14.4 Å². The van der Waals surface area contributed by atoms with Crippen LogP contribution in [0.15, 0.2) is 0 Å². The van der Waals surface area contributed by atoms with Crippen molar-refractivity contribution >= 4 is 5.97 Å². The second kappa shape index (κ2) is 6.80. The number of carbonyl (C=O) groups is 1. The fourth-order valence-electron chi connectivity index (χ4n) is 1.81. The summed E-state index contributed by atoms with van der Waals surface area (Å²) in [6.07, 6.45) is 2.63. The Morgan fingerprint density at radius 1 is 1.47 bits per heavy atom. The van der Waals surface area contributed by atoms with E-state index in [1.165, 1.54) is 0 Å². The normalized spacial score (nSPS) is 18.1. The maximum absolute atomic E-state index is 11.2. The van der Waals surface area contributed by atoms with Crippen molar-refractivity contribution in [2.45, 2.75) is 32.2 Å². The Morgan fingerprint density at radius 3 is 2.73 bits per heavy atom. The van der Waals surface area contributed by atoms with Gasteiger partial charge in [0.05, 0.1) is 13.0 Å². The summed E-state index contributed by atoms with van der Waals surface area (Å²) in [5.74, 6) is -0.101. The second-order valence-corrected chi connectivity index (χ2v) is 3.88. The smallest absolute Gasteiger partial charge is 0.307 e. The van der Waals surface area contributed by atoms with Crippen LogP contribution in [-0.4, -0.2) is 50.3 Å². The first kappa shape index (κ1) is 12.5. The molecule has 0 aliphatic carbocycles. The largest absolute Gasteiger partial charge is 0.466 e. The molecule has 1 saturated heterocycles. The van der Waals surface area contributed by atoms with Crippen molar-refractivity contribution < 1.29 is 14.3 Å². The van der Waals surface area contributed by atoms with E-state index in [-0.39, 0.29) is 5.97 Å². The van der Waals surface area contributed by atoms with Gasteiger partial charge in [0.1, 0.15) is 0 Å². The van der Waals surface area contributed by atoms with Gasteiger partial charge >= 0.3 is 5.97 Å². The van der Waals surface area contributed by atoms with E-state index < -0.39 is 0 Å². The molecule has 1 rings (SSSR count). The molecule has 0 unspecified atom stereocenters. The van der Waals surface area contributed by atoms with Crippen LogP contribution in [0.2, 0.25) is 0 Å². The van der Waals surface area contributed by atoms with Crippen molar-refractivity contribution in [3.8, 4) is 0 Å². The highest BCUT2D eigenvalue weighted by Crippen LogP contribution is 2.12. The first-order valence-corrected chi connectivity index (χ1v) is 5.67. The summed E-state index contributed by atoms with van der Waals surface area (Å²) < 4.78 is 10.2. The number of esters is 1. The minimum absolute atomic E-state index is 0.101. The minimum Gasteiger partial charge on any atom is -0.466 e. The first-order chi connectivity index (χ1) is 7.24. The Labute approximate surface area is 91.5 Å². The quantitative estimate of drug-likeness (QED) is 0.643. The summed E-state index contributed by atoms with van der Waals surface area (Å²) in [7, 11) is 2.06. The number of hydrogen-bond donors (Lipinski definition) is 0. The molecule has 0 saturated carbocycles. The molecule has 0 radical (unpaired) electrons. The van der Waals surface area contributed by atoms with Gasteiger partial charge in [0, 0.05) is 25.8 Å². The van der Waals surface area contributed by atoms with Gasteiger partial charge in [0.2, 0.25) is 0 Å². The molecule has 1 fully saturated rings. The highest BCUT2D eigenvalue weighted by Gasteiger charge is 2.18. The van der Waals surface area contributed by atoms with E-state index in [4.69, 9.17) is 9.47 Å². The zero-order chi connectivity index (χ0) is 11.1. The minimum atomic E-state index is -0.101. The maximum Gasteiger partial charge on any atom is 0.307 e. The van der Waals surface area contributed by atoms with Gasteiger partial charge in [-0.25, -0.2) is 0 Å². The third-order valence-corrected chi connectivity index (χ3v) is 2.79. The van der Waals surface area contributed by atoms with Crippen LogP contribution in [0.25, 0.3) is 0 Å². The zero-order valence-electron chi connectivity index (χ0n) is 9.70. The Bertz CT molecular complexity index is 190. The fourth-order valence-corrected chi connectivity index (χ4v) is 1.81. The van der Waals surface area contributed by atoms with E-state index in [1.807, 2.05) is 6.92 Å². The monoisotopic (exact) mass is 215 g/mol. The molecule has 88 valence electrons. The number of hydrogen-bond acceptors (Lipinski definition) is 4. The van der Waals surface area contributed by atoms with Gasteiger partial charge in [-0.15, -0.1) is 0 Å². The van der Waals surface area contributed by atoms with E-state index in [9.17, 15) is 4.79 Å². The lowest BCUT2D eigenvalue weighted by Crippen LogP contribution is -2.37. The van der Waals surface area contributed by atoms with E-state index in [0.29, 0.717) is 19.1 Å². The number of nitrogens with zero attached hydrogens (tertiary/aromatic N) is 1. The van der Waals surface area contributed by atoms with Crippen LogP contribution < -0.4 is 0 Å². The molecule has 0 amide bonds. The molecule has 0 N–H and O–H groups in total. The third-order valence-electron chi connectivity index (χ3n) is 2.79. The lowest BCUT2D eigenvalue weighted by molar-refractivity contribution is -0.143. The predicted octanol–water partition coefficient (Wildman–Crippen LogP) is 1.05. The molecule has 15 heavy (non-hydrogen) atoms. The lowest BCUT2D eigenvalue weighted by atomic mass is 10.1. The summed E-state index contributed by atoms with van der Waals surface area (Å²) in [4.78, 5) is 13.4. The molecule has 0 atom stereocenters. The second-order valence-electron chi connectivity index (χ2n) is 3.88. The van der Waals surface area contributed by atoms with Crippen molar-refractivity contribution in [1.82, 2.24) is 4.90 Å². The lowest BCUT2D eigenvalue weighted by Gasteiger charge is -2.30. The third kappa shape index (κ3) is 4.62. The average molecular weight is 215 g/mol. The topological polar surface area (TPSA) is 38.8 Å². The molecular formula is C11H21NO3. The predicted molar refractivity (Wildman–Crippen MR) is 57.7 cm³/mol. The Hall–Kier alpha value is -0.610. The first-order valence-electron chi connectivity index (χ1n) is 5.67. The summed E-state index contributed by atoms with van der Waals surface area (Å²) >= 11 is 0. The molecule has 1 aliphatic heterocycles. The number of carbonyl (C=O) groups excluding carboxylic acids is 1. The maximum atomic E-state index is 11.2. The van der Waals surface area contributed by atoms with E-state index >= 15 is 0 Å². The van der Waals surface area contributed by atoms with Gasteiger partial charge in [-0.2, -0.15) is 0 Å². The van der Waals surface area contributed by atoms with Crippen molar-refractivity contribution in [3.63, 3.8) is 0 Å². The van der Waals surface area contributed by atoms with Crippen LogP contribution in [0.3, 0.4) is 0 Å². The van der Waals surface area contributed by atoms with Gasteiger partial charge in [-0.05, 0) is 26.8 Å². The summed E-state index contributed by atoms with van der Waals surface area (Å²) in [5, 5.41) is 0. The SMILES string of the molecule is CCOC(=O)CCN(C)C1CCOCC1. The fraction of sp³-hybridized carbons (Fsp3) is 0.909. The highest BCUT2D eigenvalue weighted by atomic mass is 16.5. The highest BCUT2D eigenvalue weighted by molar-refractivity contribution is 5.69. The van der Waals surface area contributed by atoms with Crippen LogP contribution in [0, 0.1) is 0 Å². The number of rotatable bonds is 5. The van der Waals surface area contributed by atoms with Crippen LogP contribution in [-0.2, 0) is 14.3 Å². The van der Waals surface area contributed by atoms with Gasteiger partial charge in [0.15, 0.2) is 0 Å².